The predicted molar refractivity (Wildman–Crippen MR) is 81.4 cm³/mol. The van der Waals surface area contributed by atoms with E-state index in [4.69, 9.17) is 4.74 Å². The van der Waals surface area contributed by atoms with Crippen LogP contribution in [-0.4, -0.2) is 25.3 Å². The molecule has 0 aromatic heterocycles. The first-order valence-electron chi connectivity index (χ1n) is 8.48. The van der Waals surface area contributed by atoms with Crippen LogP contribution in [0.1, 0.15) is 71.6 Å². The van der Waals surface area contributed by atoms with Gasteiger partial charge in [0.05, 0.1) is 5.60 Å². The molecule has 2 aliphatic carbocycles. The molecule has 2 saturated carbocycles. The van der Waals surface area contributed by atoms with E-state index in [9.17, 15) is 0 Å². The highest BCUT2D eigenvalue weighted by Gasteiger charge is 2.42. The van der Waals surface area contributed by atoms with Crippen molar-refractivity contribution in [2.75, 3.05) is 13.7 Å². The Morgan fingerprint density at radius 2 is 1.79 bits per heavy atom. The zero-order valence-corrected chi connectivity index (χ0v) is 13.2. The van der Waals surface area contributed by atoms with Crippen LogP contribution in [0.5, 0.6) is 0 Å². The molecule has 0 amide bonds. The van der Waals surface area contributed by atoms with Crippen LogP contribution < -0.4 is 5.32 Å². The number of rotatable bonds is 6. The monoisotopic (exact) mass is 267 g/mol. The van der Waals surface area contributed by atoms with Gasteiger partial charge in [0.15, 0.2) is 0 Å². The molecule has 19 heavy (non-hydrogen) atoms. The molecule has 2 rings (SSSR count). The van der Waals surface area contributed by atoms with E-state index in [1.54, 1.807) is 0 Å². The third-order valence-electron chi connectivity index (χ3n) is 5.66. The summed E-state index contributed by atoms with van der Waals surface area (Å²) in [6.45, 7) is 5.69. The molecular formula is C17H33NO. The Bertz CT molecular complexity index is 252. The smallest absolute Gasteiger partial charge is 0.0831 e. The number of nitrogens with one attached hydrogen (secondary N) is 1. The van der Waals surface area contributed by atoms with E-state index in [1.807, 2.05) is 7.11 Å². The fourth-order valence-electron chi connectivity index (χ4n) is 4.26. The summed E-state index contributed by atoms with van der Waals surface area (Å²) in [5.74, 6) is 1.83. The van der Waals surface area contributed by atoms with Gasteiger partial charge >= 0.3 is 0 Å². The Balaban J connectivity index is 2.01. The van der Waals surface area contributed by atoms with Crippen molar-refractivity contribution in [1.29, 1.82) is 0 Å². The van der Waals surface area contributed by atoms with Gasteiger partial charge in [0.2, 0.25) is 0 Å². The number of hydrogen-bond acceptors (Lipinski definition) is 2. The summed E-state index contributed by atoms with van der Waals surface area (Å²) in [5.41, 5.74) is 0.116. The molecule has 2 fully saturated rings. The lowest BCUT2D eigenvalue weighted by atomic mass is 9.73. The summed E-state index contributed by atoms with van der Waals surface area (Å²) in [5, 5.41) is 3.76. The van der Waals surface area contributed by atoms with Crippen LogP contribution in [-0.2, 0) is 4.74 Å². The lowest BCUT2D eigenvalue weighted by molar-refractivity contribution is -0.0791. The normalized spacial score (nSPS) is 34.6. The minimum Gasteiger partial charge on any atom is -0.377 e. The Kier molecular flexibility index (Phi) is 5.70. The second-order valence-corrected chi connectivity index (χ2v) is 6.95. The van der Waals surface area contributed by atoms with Gasteiger partial charge in [0.25, 0.3) is 0 Å². The third kappa shape index (κ3) is 3.72. The van der Waals surface area contributed by atoms with Crippen molar-refractivity contribution < 1.29 is 4.74 Å². The second-order valence-electron chi connectivity index (χ2n) is 6.95. The highest BCUT2D eigenvalue weighted by molar-refractivity contribution is 4.97. The first-order chi connectivity index (χ1) is 9.20. The summed E-state index contributed by atoms with van der Waals surface area (Å²) >= 11 is 0. The quantitative estimate of drug-likeness (QED) is 0.781. The summed E-state index contributed by atoms with van der Waals surface area (Å²) in [6, 6.07) is 0.568. The SMILES string of the molecule is CCNC(CC1CCCC1)C1(OC)CCC(C)CC1. The van der Waals surface area contributed by atoms with Crippen LogP contribution >= 0.6 is 0 Å². The van der Waals surface area contributed by atoms with E-state index >= 15 is 0 Å². The van der Waals surface area contributed by atoms with Crippen LogP contribution in [0.15, 0.2) is 0 Å². The molecule has 2 nitrogen and oxygen atoms in total. The van der Waals surface area contributed by atoms with E-state index < -0.39 is 0 Å². The summed E-state index contributed by atoms with van der Waals surface area (Å²) < 4.78 is 6.09. The first kappa shape index (κ1) is 15.3. The molecule has 0 radical (unpaired) electrons. The van der Waals surface area contributed by atoms with Crippen molar-refractivity contribution in [3.8, 4) is 0 Å². The van der Waals surface area contributed by atoms with Crippen molar-refractivity contribution in [1.82, 2.24) is 5.32 Å². The third-order valence-corrected chi connectivity index (χ3v) is 5.66. The van der Waals surface area contributed by atoms with Crippen molar-refractivity contribution in [2.24, 2.45) is 11.8 Å². The molecule has 1 atom stereocenters. The Morgan fingerprint density at radius 1 is 1.16 bits per heavy atom. The molecule has 0 bridgehead atoms. The van der Waals surface area contributed by atoms with E-state index in [0.717, 1.165) is 18.4 Å². The maximum Gasteiger partial charge on any atom is 0.0831 e. The van der Waals surface area contributed by atoms with Gasteiger partial charge in [0, 0.05) is 13.2 Å². The molecule has 1 unspecified atom stereocenters. The Labute approximate surface area is 119 Å². The van der Waals surface area contributed by atoms with Gasteiger partial charge in [-0.15, -0.1) is 0 Å². The highest BCUT2D eigenvalue weighted by atomic mass is 16.5. The Morgan fingerprint density at radius 3 is 2.32 bits per heavy atom. The van der Waals surface area contributed by atoms with E-state index in [-0.39, 0.29) is 5.60 Å². The van der Waals surface area contributed by atoms with Gasteiger partial charge in [-0.25, -0.2) is 0 Å². The molecule has 1 N–H and O–H groups in total. The first-order valence-corrected chi connectivity index (χ1v) is 8.48. The lowest BCUT2D eigenvalue weighted by Gasteiger charge is -2.45. The molecular weight excluding hydrogens is 234 g/mol. The molecule has 0 heterocycles. The zero-order valence-electron chi connectivity index (χ0n) is 13.2. The van der Waals surface area contributed by atoms with Gasteiger partial charge in [-0.05, 0) is 50.5 Å². The van der Waals surface area contributed by atoms with Crippen molar-refractivity contribution >= 4 is 0 Å². The molecule has 0 aromatic carbocycles. The van der Waals surface area contributed by atoms with Gasteiger partial charge in [-0.2, -0.15) is 0 Å². The van der Waals surface area contributed by atoms with Crippen LogP contribution in [0.25, 0.3) is 0 Å². The van der Waals surface area contributed by atoms with Gasteiger partial charge < -0.3 is 10.1 Å². The van der Waals surface area contributed by atoms with Crippen molar-refractivity contribution in [3.05, 3.63) is 0 Å². The van der Waals surface area contributed by atoms with Gasteiger partial charge in [-0.1, -0.05) is 39.5 Å². The average Bonchev–Trinajstić information content (AvgIpc) is 2.93. The van der Waals surface area contributed by atoms with Crippen molar-refractivity contribution in [2.45, 2.75) is 83.3 Å². The number of hydrogen-bond donors (Lipinski definition) is 1. The summed E-state index contributed by atoms with van der Waals surface area (Å²) in [4.78, 5) is 0. The molecule has 112 valence electrons. The molecule has 2 aliphatic rings. The standard InChI is InChI=1S/C17H33NO/c1-4-18-16(13-15-7-5-6-8-15)17(19-3)11-9-14(2)10-12-17/h14-16,18H,4-13H2,1-3H3. The molecule has 0 aromatic rings. The largest absolute Gasteiger partial charge is 0.377 e. The predicted octanol–water partition coefficient (Wildman–Crippen LogP) is 4.14. The minimum absolute atomic E-state index is 0.116. The molecule has 0 saturated heterocycles. The van der Waals surface area contributed by atoms with E-state index in [0.29, 0.717) is 6.04 Å². The second kappa shape index (κ2) is 7.08. The maximum atomic E-state index is 6.09. The van der Waals surface area contributed by atoms with Crippen LogP contribution in [0.4, 0.5) is 0 Å². The maximum absolute atomic E-state index is 6.09. The lowest BCUT2D eigenvalue weighted by Crippen LogP contribution is -2.54. The van der Waals surface area contributed by atoms with Crippen LogP contribution in [0.2, 0.25) is 0 Å². The van der Waals surface area contributed by atoms with Gasteiger partial charge in [-0.3, -0.25) is 0 Å². The number of ether oxygens (including phenoxy) is 1. The van der Waals surface area contributed by atoms with E-state index in [2.05, 4.69) is 19.2 Å². The van der Waals surface area contributed by atoms with Crippen LogP contribution in [0, 0.1) is 11.8 Å². The number of likely N-dealkylation sites (N-methyl/N-ethyl adjacent to an activating group) is 1. The van der Waals surface area contributed by atoms with Crippen molar-refractivity contribution in [3.63, 3.8) is 0 Å². The number of methoxy groups -OCH3 is 1. The molecule has 0 spiro atoms. The fourth-order valence-corrected chi connectivity index (χ4v) is 4.26. The van der Waals surface area contributed by atoms with Gasteiger partial charge in [0.1, 0.15) is 0 Å². The topological polar surface area (TPSA) is 21.3 Å². The Hall–Kier alpha value is -0.0800. The highest BCUT2D eigenvalue weighted by Crippen LogP contribution is 2.40. The molecule has 0 aliphatic heterocycles. The molecule has 2 heteroatoms. The summed E-state index contributed by atoms with van der Waals surface area (Å²) in [6.07, 6.45) is 12.3. The summed E-state index contributed by atoms with van der Waals surface area (Å²) in [7, 11) is 1.94. The average molecular weight is 267 g/mol. The fraction of sp³-hybridized carbons (Fsp3) is 1.00. The zero-order chi connectivity index (χ0) is 13.7. The van der Waals surface area contributed by atoms with E-state index in [1.165, 1.54) is 57.8 Å². The van der Waals surface area contributed by atoms with Crippen LogP contribution in [0.3, 0.4) is 0 Å². The minimum atomic E-state index is 0.116.